The van der Waals surface area contributed by atoms with E-state index in [1.54, 1.807) is 11.3 Å². The molecular formula is C15H20N4S. The van der Waals surface area contributed by atoms with E-state index >= 15 is 0 Å². The maximum absolute atomic E-state index is 4.38. The van der Waals surface area contributed by atoms with Crippen LogP contribution >= 0.6 is 11.3 Å². The lowest BCUT2D eigenvalue weighted by Gasteiger charge is -2.35. The fourth-order valence-corrected chi connectivity index (χ4v) is 3.32. The highest BCUT2D eigenvalue weighted by atomic mass is 32.1. The van der Waals surface area contributed by atoms with Gasteiger partial charge in [-0.25, -0.2) is 0 Å². The van der Waals surface area contributed by atoms with Gasteiger partial charge in [0, 0.05) is 31.2 Å². The number of piperazine rings is 1. The Morgan fingerprint density at radius 2 is 2.05 bits per heavy atom. The molecular weight excluding hydrogens is 268 g/mol. The molecule has 1 aliphatic heterocycles. The summed E-state index contributed by atoms with van der Waals surface area (Å²) in [5.41, 5.74) is 1.15. The Hall–Kier alpha value is -1.46. The van der Waals surface area contributed by atoms with Gasteiger partial charge in [-0.05, 0) is 5.92 Å². The van der Waals surface area contributed by atoms with E-state index in [9.17, 15) is 0 Å². The maximum atomic E-state index is 4.38. The molecule has 1 N–H and O–H groups in total. The Bertz CT molecular complexity index is 552. The molecule has 0 amide bonds. The van der Waals surface area contributed by atoms with Crippen LogP contribution in [-0.4, -0.2) is 35.9 Å². The zero-order chi connectivity index (χ0) is 13.9. The standard InChI is InChI=1S/C15H20N4S/c1-11(2)13-10-19(9-8-16-13)15-18-17-14(20-15)12-6-4-3-5-7-12/h3-7,11,13,16H,8-10H2,1-2H3/t13-/m1/s1. The topological polar surface area (TPSA) is 41.1 Å². The molecule has 0 radical (unpaired) electrons. The Morgan fingerprint density at radius 1 is 1.25 bits per heavy atom. The number of aromatic nitrogens is 2. The van der Waals surface area contributed by atoms with E-state index < -0.39 is 0 Å². The van der Waals surface area contributed by atoms with Gasteiger partial charge >= 0.3 is 0 Å². The second-order valence-electron chi connectivity index (χ2n) is 5.51. The van der Waals surface area contributed by atoms with Gasteiger partial charge in [0.25, 0.3) is 0 Å². The zero-order valence-electron chi connectivity index (χ0n) is 11.9. The molecule has 0 bridgehead atoms. The first-order valence-corrected chi connectivity index (χ1v) is 7.93. The zero-order valence-corrected chi connectivity index (χ0v) is 12.7. The highest BCUT2D eigenvalue weighted by molar-refractivity contribution is 7.18. The van der Waals surface area contributed by atoms with E-state index in [-0.39, 0.29) is 0 Å². The molecule has 1 fully saturated rings. The summed E-state index contributed by atoms with van der Waals surface area (Å²) in [5, 5.41) is 14.3. The van der Waals surface area contributed by atoms with Crippen molar-refractivity contribution in [2.75, 3.05) is 24.5 Å². The molecule has 0 saturated carbocycles. The van der Waals surface area contributed by atoms with Crippen molar-refractivity contribution in [1.82, 2.24) is 15.5 Å². The molecule has 2 aromatic rings. The number of hydrogen-bond donors (Lipinski definition) is 1. The number of benzene rings is 1. The third-order valence-corrected chi connectivity index (χ3v) is 4.75. The fourth-order valence-electron chi connectivity index (χ4n) is 2.44. The lowest BCUT2D eigenvalue weighted by Crippen LogP contribution is -2.52. The molecule has 5 heteroatoms. The predicted octanol–water partition coefficient (Wildman–Crippen LogP) is 2.64. The average Bonchev–Trinajstić information content (AvgIpc) is 2.98. The lowest BCUT2D eigenvalue weighted by atomic mass is 10.0. The van der Waals surface area contributed by atoms with Gasteiger partial charge in [0.2, 0.25) is 5.13 Å². The van der Waals surface area contributed by atoms with Gasteiger partial charge in [0.15, 0.2) is 0 Å². The van der Waals surface area contributed by atoms with Crippen LogP contribution in [-0.2, 0) is 0 Å². The first-order chi connectivity index (χ1) is 9.74. The second kappa shape index (κ2) is 5.89. The number of rotatable bonds is 3. The first kappa shape index (κ1) is 13.5. The van der Waals surface area contributed by atoms with Gasteiger partial charge < -0.3 is 10.2 Å². The van der Waals surface area contributed by atoms with Crippen LogP contribution in [0.2, 0.25) is 0 Å². The highest BCUT2D eigenvalue weighted by Crippen LogP contribution is 2.29. The van der Waals surface area contributed by atoms with E-state index in [1.165, 1.54) is 0 Å². The third kappa shape index (κ3) is 2.83. The van der Waals surface area contributed by atoms with E-state index in [1.807, 2.05) is 18.2 Å². The van der Waals surface area contributed by atoms with Crippen LogP contribution < -0.4 is 10.2 Å². The van der Waals surface area contributed by atoms with Crippen LogP contribution in [0.15, 0.2) is 30.3 Å². The summed E-state index contributed by atoms with van der Waals surface area (Å²) in [6.07, 6.45) is 0. The molecule has 1 aromatic heterocycles. The molecule has 2 heterocycles. The predicted molar refractivity (Wildman–Crippen MR) is 84.2 cm³/mol. The van der Waals surface area contributed by atoms with Gasteiger partial charge in [0.05, 0.1) is 0 Å². The van der Waals surface area contributed by atoms with Gasteiger partial charge in [0.1, 0.15) is 5.01 Å². The fraction of sp³-hybridized carbons (Fsp3) is 0.467. The van der Waals surface area contributed by atoms with Crippen molar-refractivity contribution in [2.24, 2.45) is 5.92 Å². The van der Waals surface area contributed by atoms with E-state index in [0.717, 1.165) is 35.3 Å². The van der Waals surface area contributed by atoms with E-state index in [0.29, 0.717) is 12.0 Å². The minimum absolute atomic E-state index is 0.535. The summed E-state index contributed by atoms with van der Waals surface area (Å²) in [6.45, 7) is 7.56. The third-order valence-electron chi connectivity index (χ3n) is 3.72. The van der Waals surface area contributed by atoms with Crippen LogP contribution in [0.4, 0.5) is 5.13 Å². The molecule has 20 heavy (non-hydrogen) atoms. The Kier molecular flexibility index (Phi) is 3.98. The van der Waals surface area contributed by atoms with Crippen molar-refractivity contribution in [2.45, 2.75) is 19.9 Å². The molecule has 1 saturated heterocycles. The SMILES string of the molecule is CC(C)[C@H]1CN(c2nnc(-c3ccccc3)s2)CCN1. The van der Waals surface area contributed by atoms with Crippen LogP contribution in [0, 0.1) is 5.92 Å². The van der Waals surface area contributed by atoms with Gasteiger partial charge in [-0.1, -0.05) is 55.5 Å². The maximum Gasteiger partial charge on any atom is 0.208 e. The van der Waals surface area contributed by atoms with Crippen molar-refractivity contribution in [1.29, 1.82) is 0 Å². The van der Waals surface area contributed by atoms with Gasteiger partial charge in [-0.15, -0.1) is 10.2 Å². The number of hydrogen-bond acceptors (Lipinski definition) is 5. The van der Waals surface area contributed by atoms with Gasteiger partial charge in [-0.2, -0.15) is 0 Å². The van der Waals surface area contributed by atoms with E-state index in [4.69, 9.17) is 0 Å². The van der Waals surface area contributed by atoms with Crippen molar-refractivity contribution in [3.05, 3.63) is 30.3 Å². The summed E-state index contributed by atoms with van der Waals surface area (Å²) >= 11 is 1.68. The highest BCUT2D eigenvalue weighted by Gasteiger charge is 2.24. The summed E-state index contributed by atoms with van der Waals surface area (Å²) in [5.74, 6) is 0.638. The summed E-state index contributed by atoms with van der Waals surface area (Å²) in [4.78, 5) is 2.35. The number of nitrogens with zero attached hydrogens (tertiary/aromatic N) is 3. The monoisotopic (exact) mass is 288 g/mol. The molecule has 4 nitrogen and oxygen atoms in total. The van der Waals surface area contributed by atoms with Crippen LogP contribution in [0.25, 0.3) is 10.6 Å². The average molecular weight is 288 g/mol. The molecule has 1 atom stereocenters. The van der Waals surface area contributed by atoms with Gasteiger partial charge in [-0.3, -0.25) is 0 Å². The first-order valence-electron chi connectivity index (χ1n) is 7.11. The number of anilines is 1. The molecule has 106 valence electrons. The molecule has 0 unspecified atom stereocenters. The lowest BCUT2D eigenvalue weighted by molar-refractivity contribution is 0.368. The Morgan fingerprint density at radius 3 is 2.80 bits per heavy atom. The molecule has 1 aromatic carbocycles. The molecule has 3 rings (SSSR count). The largest absolute Gasteiger partial charge is 0.344 e. The minimum Gasteiger partial charge on any atom is -0.344 e. The van der Waals surface area contributed by atoms with Crippen molar-refractivity contribution in [3.63, 3.8) is 0 Å². The molecule has 1 aliphatic rings. The van der Waals surface area contributed by atoms with E-state index in [2.05, 4.69) is 46.4 Å². The molecule has 0 spiro atoms. The van der Waals surface area contributed by atoms with Crippen LogP contribution in [0.5, 0.6) is 0 Å². The second-order valence-corrected chi connectivity index (χ2v) is 6.46. The summed E-state index contributed by atoms with van der Waals surface area (Å²) in [7, 11) is 0. The summed E-state index contributed by atoms with van der Waals surface area (Å²) in [6, 6.07) is 10.8. The quantitative estimate of drug-likeness (QED) is 0.942. The minimum atomic E-state index is 0.535. The Labute approximate surface area is 123 Å². The van der Waals surface area contributed by atoms with Crippen LogP contribution in [0.1, 0.15) is 13.8 Å². The van der Waals surface area contributed by atoms with Crippen molar-refractivity contribution < 1.29 is 0 Å². The van der Waals surface area contributed by atoms with Crippen molar-refractivity contribution in [3.8, 4) is 10.6 Å². The Balaban J connectivity index is 1.77. The molecule has 0 aliphatic carbocycles. The normalized spacial score (nSPS) is 19.6. The summed E-state index contributed by atoms with van der Waals surface area (Å²) < 4.78 is 0. The van der Waals surface area contributed by atoms with Crippen molar-refractivity contribution >= 4 is 16.5 Å². The smallest absolute Gasteiger partial charge is 0.208 e. The van der Waals surface area contributed by atoms with Crippen LogP contribution in [0.3, 0.4) is 0 Å². The number of nitrogens with one attached hydrogen (secondary N) is 1.